The van der Waals surface area contributed by atoms with E-state index in [1.807, 2.05) is 0 Å². The molecule has 0 aromatic rings. The molecule has 0 N–H and O–H groups in total. The maximum atomic E-state index is 16.1. The third-order valence-electron chi connectivity index (χ3n) is 8.02. The molecule has 17 heteroatoms. The van der Waals surface area contributed by atoms with E-state index in [0.717, 1.165) is 24.2 Å². The Morgan fingerprint density at radius 2 is 0.795 bits per heavy atom. The maximum Gasteiger partial charge on any atom is 0.499 e. The summed E-state index contributed by atoms with van der Waals surface area (Å²) in [4.78, 5) is 11.9. The van der Waals surface area contributed by atoms with Gasteiger partial charge in [0.2, 0.25) is 0 Å². The lowest BCUT2D eigenvalue weighted by Crippen LogP contribution is -2.48. The average Bonchev–Trinajstić information content (AvgIpc) is 2.89. The summed E-state index contributed by atoms with van der Waals surface area (Å²) in [6, 6.07) is 4.63. The highest BCUT2D eigenvalue weighted by atomic mass is 28.4. The second-order valence-electron chi connectivity index (χ2n) is 14.0. The summed E-state index contributed by atoms with van der Waals surface area (Å²) in [5, 5.41) is 0. The summed E-state index contributed by atoms with van der Waals surface area (Å²) in [6.07, 6.45) is 1.48. The molecular weight excluding hydrogens is 672 g/mol. The normalized spacial score (nSPS) is 14.3. The molecule has 0 rings (SSSR count). The number of esters is 1. The van der Waals surface area contributed by atoms with Crippen LogP contribution >= 0.6 is 0 Å². The predicted octanol–water partition coefficient (Wildman–Crippen LogP) is 7.39. The molecule has 264 valence electrons. The van der Waals surface area contributed by atoms with Crippen molar-refractivity contribution < 1.29 is 48.7 Å². The van der Waals surface area contributed by atoms with Crippen LogP contribution < -0.4 is 0 Å². The summed E-state index contributed by atoms with van der Waals surface area (Å²) in [7, 11) is -3.92. The Kier molecular flexibility index (Phi) is 19.0. The molecule has 0 radical (unpaired) electrons. The van der Waals surface area contributed by atoms with E-state index in [1.54, 1.807) is 42.7 Å². The third-order valence-corrected chi connectivity index (χ3v) is 29.3. The number of carbonyl (C=O) groups is 1. The fourth-order valence-electron chi connectivity index (χ4n) is 5.76. The molecule has 0 aromatic heterocycles. The molecule has 0 aromatic carbocycles. The summed E-state index contributed by atoms with van der Waals surface area (Å²) in [5.74, 6) is -2.60. The van der Waals surface area contributed by atoms with Gasteiger partial charge in [0.05, 0.1) is 0 Å². The van der Waals surface area contributed by atoms with Crippen molar-refractivity contribution in [1.29, 1.82) is 0 Å². The number of carbonyl (C=O) groups excluding carboxylic acids is 1. The zero-order chi connectivity index (χ0) is 34.5. The third kappa shape index (κ3) is 17.0. The van der Waals surface area contributed by atoms with Crippen LogP contribution in [0.5, 0.6) is 0 Å². The van der Waals surface area contributed by atoms with E-state index in [9.17, 15) is 4.79 Å². The molecule has 0 heterocycles. The predicted molar refractivity (Wildman–Crippen MR) is 189 cm³/mol. The number of rotatable bonds is 25. The number of hydrogen-bond acceptors (Lipinski definition) is 10. The fourth-order valence-corrected chi connectivity index (χ4v) is 30.9. The number of alkyl halides is 1. The number of ether oxygens (including phenoxy) is 1. The second-order valence-corrected chi connectivity index (χ2v) is 37.9. The molecule has 10 nitrogen and oxygen atoms in total. The Bertz CT molecular complexity index is 769. The standard InChI is InChI=1S/C27H65FO10Si6/c1-26(29)36-27(28,18-16-20-39(8,9)37-41(12,13)22-24-43(30-2,31-3)32-4)19-17-21-40(10,11)38-42(14,15)23-25-44(33-5,34-6)35-7/h16-25H2,1-15H3. The van der Waals surface area contributed by atoms with Crippen molar-refractivity contribution in [3.8, 4) is 0 Å². The van der Waals surface area contributed by atoms with Crippen LogP contribution in [-0.2, 0) is 44.3 Å². The largest absolute Gasteiger partial charge is 0.499 e. The SMILES string of the molecule is CO[Si](CC[Si](C)(C)O[Si](C)(C)CCCC(F)(CCC[Si](C)(C)O[Si](C)(C)CC[Si](OC)(OC)OC)OC(C)=O)(OC)OC. The molecule has 0 atom stereocenters. The van der Waals surface area contributed by atoms with Gasteiger partial charge < -0.3 is 39.5 Å². The quantitative estimate of drug-likeness (QED) is 0.0697. The Hall–Kier alpha value is 0.381. The van der Waals surface area contributed by atoms with E-state index >= 15 is 4.39 Å². The molecule has 0 unspecified atom stereocenters. The van der Waals surface area contributed by atoms with Gasteiger partial charge >= 0.3 is 23.6 Å². The van der Waals surface area contributed by atoms with Crippen LogP contribution in [0.1, 0.15) is 32.6 Å². The van der Waals surface area contributed by atoms with Gasteiger partial charge in [-0.3, -0.25) is 4.79 Å². The highest BCUT2D eigenvalue weighted by molar-refractivity contribution is 6.86. The Labute approximate surface area is 274 Å². The van der Waals surface area contributed by atoms with Crippen molar-refractivity contribution in [3.05, 3.63) is 0 Å². The van der Waals surface area contributed by atoms with Gasteiger partial charge in [0, 0.05) is 74.5 Å². The first-order valence-corrected chi connectivity index (χ1v) is 31.9. The Morgan fingerprint density at radius 3 is 1.05 bits per heavy atom. The van der Waals surface area contributed by atoms with Crippen LogP contribution in [0.4, 0.5) is 4.39 Å². The maximum absolute atomic E-state index is 16.1. The van der Waals surface area contributed by atoms with Crippen molar-refractivity contribution >= 4 is 56.8 Å². The molecule has 0 aliphatic carbocycles. The van der Waals surface area contributed by atoms with E-state index in [0.29, 0.717) is 24.9 Å². The van der Waals surface area contributed by atoms with Crippen LogP contribution in [-0.4, -0.2) is 105 Å². The van der Waals surface area contributed by atoms with Crippen molar-refractivity contribution in [2.75, 3.05) is 42.7 Å². The minimum absolute atomic E-state index is 0.155. The molecule has 0 bridgehead atoms. The van der Waals surface area contributed by atoms with E-state index in [2.05, 4.69) is 52.4 Å². The van der Waals surface area contributed by atoms with Gasteiger partial charge in [0.15, 0.2) is 33.3 Å². The molecule has 0 aliphatic heterocycles. The van der Waals surface area contributed by atoms with E-state index < -0.39 is 62.7 Å². The minimum atomic E-state index is -2.67. The Balaban J connectivity index is 5.13. The zero-order valence-corrected chi connectivity index (χ0v) is 36.5. The first-order valence-electron chi connectivity index (χ1n) is 15.6. The molecule has 0 spiro atoms. The zero-order valence-electron chi connectivity index (χ0n) is 30.5. The monoisotopic (exact) mass is 736 g/mol. The van der Waals surface area contributed by atoms with Crippen molar-refractivity contribution in [1.82, 2.24) is 0 Å². The summed E-state index contributed by atoms with van der Waals surface area (Å²) >= 11 is 0. The highest BCUT2D eigenvalue weighted by Crippen LogP contribution is 2.34. The lowest BCUT2D eigenvalue weighted by molar-refractivity contribution is -0.183. The van der Waals surface area contributed by atoms with Gasteiger partial charge in [0.25, 0.3) is 5.85 Å². The first kappa shape index (κ1) is 44.4. The van der Waals surface area contributed by atoms with E-state index in [-0.39, 0.29) is 12.8 Å². The van der Waals surface area contributed by atoms with Crippen LogP contribution in [0.25, 0.3) is 0 Å². The average molecular weight is 737 g/mol. The lowest BCUT2D eigenvalue weighted by atomic mass is 10.1. The molecular formula is C27H65FO10Si6. The number of hydrogen-bond donors (Lipinski definition) is 0. The van der Waals surface area contributed by atoms with Gasteiger partial charge in [-0.05, 0) is 89.4 Å². The van der Waals surface area contributed by atoms with Gasteiger partial charge in [-0.15, -0.1) is 0 Å². The minimum Gasteiger partial charge on any atom is -0.456 e. The van der Waals surface area contributed by atoms with Crippen LogP contribution in [0.2, 0.25) is 88.6 Å². The molecule has 0 amide bonds. The summed E-state index contributed by atoms with van der Waals surface area (Å²) < 4.78 is 68.3. The van der Waals surface area contributed by atoms with Gasteiger partial charge in [-0.25, -0.2) is 0 Å². The molecule has 0 fully saturated rings. The van der Waals surface area contributed by atoms with E-state index in [1.165, 1.54) is 6.92 Å². The van der Waals surface area contributed by atoms with Crippen molar-refractivity contribution in [3.63, 3.8) is 0 Å². The van der Waals surface area contributed by atoms with Gasteiger partial charge in [-0.1, -0.05) is 0 Å². The fraction of sp³-hybridized carbons (Fsp3) is 0.963. The highest BCUT2D eigenvalue weighted by Gasteiger charge is 2.44. The molecule has 0 aliphatic rings. The lowest BCUT2D eigenvalue weighted by Gasteiger charge is -2.36. The first-order chi connectivity index (χ1) is 20.0. The summed E-state index contributed by atoms with van der Waals surface area (Å²) in [6.45, 7) is 18.8. The number of halogens is 1. The van der Waals surface area contributed by atoms with Gasteiger partial charge in [-0.2, -0.15) is 4.39 Å². The van der Waals surface area contributed by atoms with Gasteiger partial charge in [0.1, 0.15) is 0 Å². The van der Waals surface area contributed by atoms with Crippen molar-refractivity contribution in [2.45, 2.75) is 127 Å². The van der Waals surface area contributed by atoms with Crippen molar-refractivity contribution in [2.24, 2.45) is 0 Å². The molecule has 44 heavy (non-hydrogen) atoms. The molecule has 0 saturated carbocycles. The Morgan fingerprint density at radius 1 is 0.523 bits per heavy atom. The smallest absolute Gasteiger partial charge is 0.456 e. The van der Waals surface area contributed by atoms with Crippen LogP contribution in [0.3, 0.4) is 0 Å². The second kappa shape index (κ2) is 18.8. The van der Waals surface area contributed by atoms with Crippen LogP contribution in [0, 0.1) is 0 Å². The van der Waals surface area contributed by atoms with E-state index in [4.69, 9.17) is 39.5 Å². The summed E-state index contributed by atoms with van der Waals surface area (Å²) in [5.41, 5.74) is 0. The molecule has 0 saturated heterocycles. The van der Waals surface area contributed by atoms with Crippen LogP contribution in [0.15, 0.2) is 0 Å². The topological polar surface area (TPSA) is 100 Å².